The molecule has 0 saturated heterocycles. The Kier molecular flexibility index (Phi) is 7.92. The van der Waals surface area contributed by atoms with Crippen LogP contribution in [0.3, 0.4) is 0 Å². The number of carbonyl (C=O) groups excluding carboxylic acids is 2. The zero-order valence-electron chi connectivity index (χ0n) is 20.0. The number of amides is 2. The van der Waals surface area contributed by atoms with Crippen LogP contribution in [0.1, 0.15) is 44.7 Å². The van der Waals surface area contributed by atoms with Gasteiger partial charge in [-0.3, -0.25) is 9.59 Å². The van der Waals surface area contributed by atoms with E-state index in [1.807, 2.05) is 24.3 Å². The van der Waals surface area contributed by atoms with Crippen molar-refractivity contribution >= 4 is 29.7 Å². The van der Waals surface area contributed by atoms with Gasteiger partial charge < -0.3 is 20.5 Å². The van der Waals surface area contributed by atoms with Crippen LogP contribution < -0.4 is 10.6 Å². The van der Waals surface area contributed by atoms with E-state index in [0.29, 0.717) is 12.3 Å². The monoisotopic (exact) mass is 484 g/mol. The number of fused-ring (bicyclic) bond motifs is 3. The molecule has 2 amide bonds. The minimum Gasteiger partial charge on any atom is -0.481 e. The second-order valence-corrected chi connectivity index (χ2v) is 10.5. The lowest BCUT2D eigenvalue weighted by Gasteiger charge is -2.38. The molecule has 34 heavy (non-hydrogen) atoms. The molecule has 3 N–H and O–H groups in total. The summed E-state index contributed by atoms with van der Waals surface area (Å²) in [6, 6.07) is 16.3. The van der Waals surface area contributed by atoms with E-state index < -0.39 is 23.0 Å². The number of carboxylic acids is 1. The summed E-state index contributed by atoms with van der Waals surface area (Å²) in [5, 5.41) is 14.9. The van der Waals surface area contributed by atoms with Gasteiger partial charge in [0.1, 0.15) is 6.61 Å². The number of thioether (sulfide) groups is 1. The summed E-state index contributed by atoms with van der Waals surface area (Å²) in [6.07, 6.45) is -0.490. The summed E-state index contributed by atoms with van der Waals surface area (Å²) in [5.41, 5.74) is 2.65. The molecule has 1 aliphatic carbocycles. The molecule has 3 rings (SSSR count). The maximum absolute atomic E-state index is 12.2. The van der Waals surface area contributed by atoms with Crippen LogP contribution in [0, 0.1) is 5.41 Å². The normalized spacial score (nSPS) is 13.1. The van der Waals surface area contributed by atoms with Gasteiger partial charge >= 0.3 is 12.1 Å². The molecule has 0 spiro atoms. The first-order valence-electron chi connectivity index (χ1n) is 11.3. The van der Waals surface area contributed by atoms with Gasteiger partial charge in [-0.05, 0) is 49.9 Å². The number of rotatable bonds is 10. The van der Waals surface area contributed by atoms with E-state index in [0.717, 1.165) is 11.1 Å². The first-order valence-corrected chi connectivity index (χ1v) is 12.4. The molecule has 8 heteroatoms. The van der Waals surface area contributed by atoms with Crippen molar-refractivity contribution in [3.8, 4) is 11.1 Å². The number of hydrogen-bond donors (Lipinski definition) is 3. The number of nitrogens with one attached hydrogen (secondary N) is 2. The van der Waals surface area contributed by atoms with Gasteiger partial charge in [-0.25, -0.2) is 4.79 Å². The van der Waals surface area contributed by atoms with Crippen LogP contribution in [0.15, 0.2) is 48.5 Å². The fourth-order valence-corrected chi connectivity index (χ4v) is 4.50. The summed E-state index contributed by atoms with van der Waals surface area (Å²) in [7, 11) is 0. The molecule has 0 atom stereocenters. The van der Waals surface area contributed by atoms with Gasteiger partial charge in [0.2, 0.25) is 5.91 Å². The Morgan fingerprint density at radius 3 is 2.09 bits per heavy atom. The molecule has 0 heterocycles. The summed E-state index contributed by atoms with van der Waals surface area (Å²) >= 11 is 1.36. The maximum atomic E-state index is 12.2. The largest absolute Gasteiger partial charge is 0.481 e. The molecule has 0 aromatic heterocycles. The van der Waals surface area contributed by atoms with Crippen molar-refractivity contribution in [1.82, 2.24) is 10.6 Å². The molecule has 0 fully saturated rings. The van der Waals surface area contributed by atoms with Crippen LogP contribution in [-0.4, -0.2) is 53.3 Å². The van der Waals surface area contributed by atoms with Gasteiger partial charge in [-0.15, -0.1) is 0 Å². The highest BCUT2D eigenvalue weighted by Crippen LogP contribution is 2.44. The van der Waals surface area contributed by atoms with Crippen molar-refractivity contribution < 1.29 is 24.2 Å². The number of aliphatic carboxylic acids is 1. The van der Waals surface area contributed by atoms with Crippen LogP contribution in [0.4, 0.5) is 4.79 Å². The summed E-state index contributed by atoms with van der Waals surface area (Å²) < 4.78 is 5.50. The third-order valence-corrected chi connectivity index (χ3v) is 7.60. The minimum atomic E-state index is -1.11. The van der Waals surface area contributed by atoms with E-state index in [1.54, 1.807) is 27.7 Å². The quantitative estimate of drug-likeness (QED) is 0.435. The SMILES string of the molecule is CC(C)(NC(=O)CSCCNC(=O)OCC1c2ccccc2-c2ccccc21)C(C)(C)C(=O)O. The van der Waals surface area contributed by atoms with Gasteiger partial charge in [0.15, 0.2) is 0 Å². The number of carboxylic acid groups (broad SMARTS) is 1. The van der Waals surface area contributed by atoms with Crippen LogP contribution in [0.2, 0.25) is 0 Å². The van der Waals surface area contributed by atoms with Gasteiger partial charge in [0.25, 0.3) is 0 Å². The Hall–Kier alpha value is -3.00. The first-order chi connectivity index (χ1) is 16.0. The Labute approximate surface area is 204 Å². The maximum Gasteiger partial charge on any atom is 0.407 e. The zero-order valence-corrected chi connectivity index (χ0v) is 20.8. The molecule has 0 aliphatic heterocycles. The van der Waals surface area contributed by atoms with E-state index in [1.165, 1.54) is 22.9 Å². The molecular formula is C26H32N2O5S. The van der Waals surface area contributed by atoms with Gasteiger partial charge in [-0.1, -0.05) is 48.5 Å². The summed E-state index contributed by atoms with van der Waals surface area (Å²) in [5.74, 6) is -0.510. The zero-order chi connectivity index (χ0) is 24.9. The van der Waals surface area contributed by atoms with Gasteiger partial charge in [0.05, 0.1) is 11.2 Å². The van der Waals surface area contributed by atoms with Gasteiger partial charge in [-0.2, -0.15) is 11.8 Å². The number of alkyl carbamates (subject to hydrolysis) is 1. The number of benzene rings is 2. The predicted octanol–water partition coefficient (Wildman–Crippen LogP) is 4.26. The molecule has 0 unspecified atom stereocenters. The van der Waals surface area contributed by atoms with E-state index in [-0.39, 0.29) is 24.2 Å². The lowest BCUT2D eigenvalue weighted by molar-refractivity contribution is -0.151. The van der Waals surface area contributed by atoms with Crippen molar-refractivity contribution in [2.45, 2.75) is 39.2 Å². The summed E-state index contributed by atoms with van der Waals surface area (Å²) in [6.45, 7) is 7.18. The van der Waals surface area contributed by atoms with Crippen LogP contribution in [0.5, 0.6) is 0 Å². The van der Waals surface area contributed by atoms with Crippen molar-refractivity contribution in [3.63, 3.8) is 0 Å². The van der Waals surface area contributed by atoms with E-state index in [9.17, 15) is 19.5 Å². The minimum absolute atomic E-state index is 0.00892. The molecule has 0 bridgehead atoms. The van der Waals surface area contributed by atoms with Crippen LogP contribution in [0.25, 0.3) is 11.1 Å². The highest BCUT2D eigenvalue weighted by molar-refractivity contribution is 7.99. The van der Waals surface area contributed by atoms with E-state index >= 15 is 0 Å². The number of carbonyl (C=O) groups is 3. The Balaban J connectivity index is 1.39. The Morgan fingerprint density at radius 2 is 1.53 bits per heavy atom. The fraction of sp³-hybridized carbons (Fsp3) is 0.423. The second-order valence-electron chi connectivity index (χ2n) is 9.41. The van der Waals surface area contributed by atoms with Crippen LogP contribution >= 0.6 is 11.8 Å². The highest BCUT2D eigenvalue weighted by atomic mass is 32.2. The average molecular weight is 485 g/mol. The van der Waals surface area contributed by atoms with Crippen molar-refractivity contribution in [2.75, 3.05) is 24.7 Å². The first kappa shape index (κ1) is 25.6. The third-order valence-electron chi connectivity index (χ3n) is 6.64. The molecule has 0 radical (unpaired) electrons. The van der Waals surface area contributed by atoms with Crippen molar-refractivity contribution in [1.29, 1.82) is 0 Å². The lowest BCUT2D eigenvalue weighted by atomic mass is 9.74. The topological polar surface area (TPSA) is 105 Å². The molecule has 7 nitrogen and oxygen atoms in total. The number of ether oxygens (including phenoxy) is 1. The summed E-state index contributed by atoms with van der Waals surface area (Å²) in [4.78, 5) is 35.9. The lowest BCUT2D eigenvalue weighted by Crippen LogP contribution is -2.57. The molecule has 2 aromatic rings. The second kappa shape index (κ2) is 10.5. The van der Waals surface area contributed by atoms with Crippen LogP contribution in [-0.2, 0) is 14.3 Å². The average Bonchev–Trinajstić information content (AvgIpc) is 3.10. The fourth-order valence-electron chi connectivity index (χ4n) is 3.85. The predicted molar refractivity (Wildman–Crippen MR) is 134 cm³/mol. The smallest absolute Gasteiger partial charge is 0.407 e. The van der Waals surface area contributed by atoms with Crippen molar-refractivity contribution in [2.24, 2.45) is 5.41 Å². The van der Waals surface area contributed by atoms with Crippen molar-refractivity contribution in [3.05, 3.63) is 59.7 Å². The van der Waals surface area contributed by atoms with E-state index in [2.05, 4.69) is 34.9 Å². The molecular weight excluding hydrogens is 452 g/mol. The molecule has 1 aliphatic rings. The number of hydrogen-bond acceptors (Lipinski definition) is 5. The Morgan fingerprint density at radius 1 is 0.971 bits per heavy atom. The third kappa shape index (κ3) is 5.55. The van der Waals surface area contributed by atoms with E-state index in [4.69, 9.17) is 4.74 Å². The molecule has 0 saturated carbocycles. The highest BCUT2D eigenvalue weighted by Gasteiger charge is 2.44. The van der Waals surface area contributed by atoms with Gasteiger partial charge in [0, 0.05) is 23.8 Å². The molecule has 182 valence electrons. The Bertz CT molecular complexity index is 1020. The molecule has 2 aromatic carbocycles. The standard InChI is InChI=1S/C26H32N2O5S/c1-25(2,23(30)31)26(3,4)28-22(29)16-34-14-13-27-24(32)33-15-21-19-11-7-5-9-17(19)18-10-6-8-12-20(18)21/h5-12,21H,13-16H2,1-4H3,(H,27,32)(H,28,29)(H,30,31).